The first kappa shape index (κ1) is 21.0. The van der Waals surface area contributed by atoms with E-state index >= 15 is 0 Å². The molecule has 1 unspecified atom stereocenters. The van der Waals surface area contributed by atoms with E-state index in [1.165, 1.54) is 6.42 Å². The monoisotopic (exact) mass is 348 g/mol. The van der Waals surface area contributed by atoms with Crippen molar-refractivity contribution in [2.24, 2.45) is 5.92 Å². The largest absolute Gasteiger partial charge is 0.367 e. The van der Waals surface area contributed by atoms with Crippen molar-refractivity contribution in [3.05, 3.63) is 23.9 Å². The van der Waals surface area contributed by atoms with Gasteiger partial charge in [-0.3, -0.25) is 4.79 Å². The second-order valence-electron chi connectivity index (χ2n) is 5.60. The number of pyridine rings is 1. The third-order valence-electron chi connectivity index (χ3n) is 3.48. The standard InChI is InChI=1S/C15H24N4O.2ClH/c1-11(2)19-14-13(4-3-7-17-14)15(20)18-9-6-12-5-8-16-10-12;;/h3-4,7,11-12,16H,5-6,8-10H2,1-2H3,(H,17,19)(H,18,20);2*1H. The van der Waals surface area contributed by atoms with E-state index in [9.17, 15) is 4.79 Å². The quantitative estimate of drug-likeness (QED) is 0.738. The lowest BCUT2D eigenvalue weighted by atomic mass is 10.1. The normalized spacial score (nSPS) is 16.6. The van der Waals surface area contributed by atoms with Crippen LogP contribution in [0.25, 0.3) is 0 Å². The van der Waals surface area contributed by atoms with E-state index in [0.717, 1.165) is 26.1 Å². The van der Waals surface area contributed by atoms with Crippen molar-refractivity contribution >= 4 is 36.5 Å². The second-order valence-corrected chi connectivity index (χ2v) is 5.60. The molecule has 1 aliphatic rings. The summed E-state index contributed by atoms with van der Waals surface area (Å²) in [6, 6.07) is 3.85. The van der Waals surface area contributed by atoms with Gasteiger partial charge in [0.2, 0.25) is 0 Å². The molecule has 1 aliphatic heterocycles. The summed E-state index contributed by atoms with van der Waals surface area (Å²) in [5, 5.41) is 9.54. The summed E-state index contributed by atoms with van der Waals surface area (Å²) in [7, 11) is 0. The molecule has 0 aromatic carbocycles. The van der Waals surface area contributed by atoms with Gasteiger partial charge in [0, 0.05) is 18.8 Å². The highest BCUT2D eigenvalue weighted by Crippen LogP contribution is 2.14. The van der Waals surface area contributed by atoms with Crippen molar-refractivity contribution in [3.63, 3.8) is 0 Å². The molecule has 1 aromatic rings. The van der Waals surface area contributed by atoms with Crippen molar-refractivity contribution in [1.29, 1.82) is 0 Å². The Morgan fingerprint density at radius 3 is 2.86 bits per heavy atom. The second kappa shape index (κ2) is 10.6. The number of anilines is 1. The van der Waals surface area contributed by atoms with E-state index in [4.69, 9.17) is 0 Å². The number of hydrogen-bond donors (Lipinski definition) is 3. The minimum Gasteiger partial charge on any atom is -0.367 e. The number of hydrogen-bond acceptors (Lipinski definition) is 4. The number of halogens is 2. The average molecular weight is 349 g/mol. The molecule has 0 radical (unpaired) electrons. The van der Waals surface area contributed by atoms with Crippen LogP contribution < -0.4 is 16.0 Å². The van der Waals surface area contributed by atoms with Gasteiger partial charge in [-0.25, -0.2) is 4.98 Å². The molecular formula is C15H26Cl2N4O. The lowest BCUT2D eigenvalue weighted by molar-refractivity contribution is 0.0952. The van der Waals surface area contributed by atoms with Gasteiger partial charge in [0.1, 0.15) is 5.82 Å². The molecule has 1 atom stereocenters. The molecule has 2 rings (SSSR count). The zero-order valence-electron chi connectivity index (χ0n) is 13.1. The molecule has 22 heavy (non-hydrogen) atoms. The fourth-order valence-electron chi connectivity index (χ4n) is 2.42. The summed E-state index contributed by atoms with van der Waals surface area (Å²) in [5.74, 6) is 1.30. The highest BCUT2D eigenvalue weighted by atomic mass is 35.5. The van der Waals surface area contributed by atoms with Gasteiger partial charge >= 0.3 is 0 Å². The number of carbonyl (C=O) groups is 1. The Kier molecular flexibility index (Phi) is 10.1. The Bertz CT molecular complexity index is 451. The molecule has 1 saturated heterocycles. The van der Waals surface area contributed by atoms with Crippen LogP contribution in [0.15, 0.2) is 18.3 Å². The zero-order valence-corrected chi connectivity index (χ0v) is 14.7. The van der Waals surface area contributed by atoms with Crippen molar-refractivity contribution in [2.75, 3.05) is 25.0 Å². The molecule has 7 heteroatoms. The molecular weight excluding hydrogens is 323 g/mol. The molecule has 3 N–H and O–H groups in total. The number of carbonyl (C=O) groups excluding carboxylic acids is 1. The SMILES string of the molecule is CC(C)Nc1ncccc1C(=O)NCCC1CCNC1.Cl.Cl. The predicted molar refractivity (Wildman–Crippen MR) is 95.4 cm³/mol. The Hall–Kier alpha value is -1.04. The summed E-state index contributed by atoms with van der Waals surface area (Å²) in [4.78, 5) is 16.5. The summed E-state index contributed by atoms with van der Waals surface area (Å²) < 4.78 is 0. The average Bonchev–Trinajstić information content (AvgIpc) is 2.91. The van der Waals surface area contributed by atoms with Gasteiger partial charge in [0.25, 0.3) is 5.91 Å². The highest BCUT2D eigenvalue weighted by Gasteiger charge is 2.16. The topological polar surface area (TPSA) is 66.0 Å². The summed E-state index contributed by atoms with van der Waals surface area (Å²) in [6.07, 6.45) is 3.94. The van der Waals surface area contributed by atoms with Crippen LogP contribution in [0.1, 0.15) is 37.0 Å². The fourth-order valence-corrected chi connectivity index (χ4v) is 2.42. The van der Waals surface area contributed by atoms with E-state index in [0.29, 0.717) is 17.3 Å². The highest BCUT2D eigenvalue weighted by molar-refractivity contribution is 5.98. The van der Waals surface area contributed by atoms with Crippen molar-refractivity contribution < 1.29 is 4.79 Å². The number of rotatable bonds is 6. The van der Waals surface area contributed by atoms with Crippen LogP contribution in [0.5, 0.6) is 0 Å². The van der Waals surface area contributed by atoms with Gasteiger partial charge in [-0.05, 0) is 57.8 Å². The molecule has 0 aliphatic carbocycles. The van der Waals surface area contributed by atoms with Gasteiger partial charge in [-0.15, -0.1) is 24.8 Å². The maximum atomic E-state index is 12.2. The molecule has 0 spiro atoms. The Morgan fingerprint density at radius 2 is 2.23 bits per heavy atom. The number of nitrogens with one attached hydrogen (secondary N) is 3. The first-order chi connectivity index (χ1) is 9.66. The van der Waals surface area contributed by atoms with E-state index in [2.05, 4.69) is 20.9 Å². The van der Waals surface area contributed by atoms with Crippen LogP contribution in [0, 0.1) is 5.92 Å². The third-order valence-corrected chi connectivity index (χ3v) is 3.48. The van der Waals surface area contributed by atoms with Crippen LogP contribution in [0.4, 0.5) is 5.82 Å². The lowest BCUT2D eigenvalue weighted by Crippen LogP contribution is -2.28. The Balaban J connectivity index is 0.00000220. The van der Waals surface area contributed by atoms with E-state index < -0.39 is 0 Å². The molecule has 0 saturated carbocycles. The minimum atomic E-state index is -0.0489. The van der Waals surface area contributed by atoms with Crippen molar-refractivity contribution in [1.82, 2.24) is 15.6 Å². The molecule has 0 bridgehead atoms. The van der Waals surface area contributed by atoms with E-state index in [1.54, 1.807) is 12.3 Å². The van der Waals surface area contributed by atoms with Crippen LogP contribution in [-0.2, 0) is 0 Å². The van der Waals surface area contributed by atoms with E-state index in [1.807, 2.05) is 19.9 Å². The first-order valence-electron chi connectivity index (χ1n) is 7.37. The smallest absolute Gasteiger partial charge is 0.255 e. The third kappa shape index (κ3) is 6.38. The van der Waals surface area contributed by atoms with Gasteiger partial charge in [-0.1, -0.05) is 0 Å². The van der Waals surface area contributed by atoms with Crippen molar-refractivity contribution in [3.8, 4) is 0 Å². The number of nitrogens with zero attached hydrogens (tertiary/aromatic N) is 1. The van der Waals surface area contributed by atoms with Gasteiger partial charge in [0.05, 0.1) is 5.56 Å². The summed E-state index contributed by atoms with van der Waals surface area (Å²) >= 11 is 0. The van der Waals surface area contributed by atoms with Gasteiger partial charge in [0.15, 0.2) is 0 Å². The van der Waals surface area contributed by atoms with E-state index in [-0.39, 0.29) is 36.8 Å². The molecule has 126 valence electrons. The minimum absolute atomic E-state index is 0. The number of aromatic nitrogens is 1. The molecule has 1 aromatic heterocycles. The van der Waals surface area contributed by atoms with Crippen LogP contribution >= 0.6 is 24.8 Å². The van der Waals surface area contributed by atoms with Crippen LogP contribution in [0.3, 0.4) is 0 Å². The lowest BCUT2D eigenvalue weighted by Gasteiger charge is -2.14. The molecule has 5 nitrogen and oxygen atoms in total. The summed E-state index contributed by atoms with van der Waals surface area (Å²) in [6.45, 7) is 6.96. The van der Waals surface area contributed by atoms with Crippen LogP contribution in [0.2, 0.25) is 0 Å². The maximum absolute atomic E-state index is 12.2. The molecule has 2 heterocycles. The van der Waals surface area contributed by atoms with Crippen LogP contribution in [-0.4, -0.2) is 36.6 Å². The fraction of sp³-hybridized carbons (Fsp3) is 0.600. The molecule has 1 fully saturated rings. The Morgan fingerprint density at radius 1 is 1.45 bits per heavy atom. The first-order valence-corrected chi connectivity index (χ1v) is 7.37. The van der Waals surface area contributed by atoms with Gasteiger partial charge < -0.3 is 16.0 Å². The summed E-state index contributed by atoms with van der Waals surface area (Å²) in [5.41, 5.74) is 0.616. The molecule has 1 amide bonds. The van der Waals surface area contributed by atoms with Gasteiger partial charge in [-0.2, -0.15) is 0 Å². The Labute approximate surface area is 144 Å². The zero-order chi connectivity index (χ0) is 14.4. The number of amides is 1. The maximum Gasteiger partial charge on any atom is 0.255 e. The van der Waals surface area contributed by atoms with Crippen molar-refractivity contribution in [2.45, 2.75) is 32.7 Å². The predicted octanol–water partition coefficient (Wildman–Crippen LogP) is 2.47.